The predicted molar refractivity (Wildman–Crippen MR) is 119 cm³/mol. The fraction of sp³-hybridized carbons (Fsp3) is 0.667. The molecular formula is C24H37N3O2. The van der Waals surface area contributed by atoms with E-state index < -0.39 is 0 Å². The van der Waals surface area contributed by atoms with Crippen molar-refractivity contribution in [3.63, 3.8) is 0 Å². The summed E-state index contributed by atoms with van der Waals surface area (Å²) in [4.78, 5) is 31.3. The maximum absolute atomic E-state index is 12.9. The molecule has 2 heterocycles. The minimum absolute atomic E-state index is 0.107. The van der Waals surface area contributed by atoms with Crippen LogP contribution in [0.3, 0.4) is 0 Å². The maximum Gasteiger partial charge on any atom is 0.222 e. The molecular weight excluding hydrogens is 362 g/mol. The van der Waals surface area contributed by atoms with Crippen LogP contribution in [0.25, 0.3) is 0 Å². The number of anilines is 1. The summed E-state index contributed by atoms with van der Waals surface area (Å²) in [6, 6.07) is 7.92. The number of unbranched alkanes of at least 4 members (excludes halogenated alkanes) is 1. The van der Waals surface area contributed by atoms with Gasteiger partial charge in [-0.15, -0.1) is 0 Å². The van der Waals surface area contributed by atoms with Gasteiger partial charge in [0.15, 0.2) is 5.78 Å². The van der Waals surface area contributed by atoms with Crippen molar-refractivity contribution in [2.45, 2.75) is 52.4 Å². The van der Waals surface area contributed by atoms with Crippen molar-refractivity contribution in [2.24, 2.45) is 5.92 Å². The number of carbonyl (C=O) groups excluding carboxylic acids is 2. The number of nitrogens with zero attached hydrogens (tertiary/aromatic N) is 3. The monoisotopic (exact) mass is 399 g/mol. The molecule has 0 aromatic heterocycles. The Balaban J connectivity index is 1.43. The predicted octanol–water partition coefficient (Wildman–Crippen LogP) is 3.83. The summed E-state index contributed by atoms with van der Waals surface area (Å²) in [6.07, 6.45) is 6.42. The van der Waals surface area contributed by atoms with Crippen LogP contribution in [-0.2, 0) is 4.79 Å². The number of hydrogen-bond donors (Lipinski definition) is 0. The molecule has 0 atom stereocenters. The Bertz CT molecular complexity index is 665. The number of amides is 1. The Morgan fingerprint density at radius 3 is 2.34 bits per heavy atom. The highest BCUT2D eigenvalue weighted by molar-refractivity contribution is 5.94. The van der Waals surface area contributed by atoms with E-state index in [0.29, 0.717) is 18.2 Å². The molecule has 0 radical (unpaired) electrons. The first kappa shape index (κ1) is 21.8. The topological polar surface area (TPSA) is 43.9 Å². The zero-order valence-electron chi connectivity index (χ0n) is 18.2. The Morgan fingerprint density at radius 1 is 0.966 bits per heavy atom. The van der Waals surface area contributed by atoms with Gasteiger partial charge in [-0.25, -0.2) is 0 Å². The fourth-order valence-corrected chi connectivity index (χ4v) is 4.50. The lowest BCUT2D eigenvalue weighted by molar-refractivity contribution is -0.132. The smallest absolute Gasteiger partial charge is 0.222 e. The van der Waals surface area contributed by atoms with Crippen molar-refractivity contribution in [3.8, 4) is 0 Å². The van der Waals surface area contributed by atoms with Crippen molar-refractivity contribution in [1.29, 1.82) is 0 Å². The van der Waals surface area contributed by atoms with E-state index in [4.69, 9.17) is 0 Å². The highest BCUT2D eigenvalue weighted by Crippen LogP contribution is 2.26. The summed E-state index contributed by atoms with van der Waals surface area (Å²) in [6.45, 7) is 11.0. The number of ketones is 1. The Hall–Kier alpha value is -1.88. The molecule has 0 bridgehead atoms. The van der Waals surface area contributed by atoms with Crippen LogP contribution in [0.2, 0.25) is 0 Å². The Labute approximate surface area is 176 Å². The number of hydrogen-bond acceptors (Lipinski definition) is 4. The van der Waals surface area contributed by atoms with Gasteiger partial charge in [0, 0.05) is 50.4 Å². The standard InChI is InChI=1S/C24H37N3O2/c1-3-4-12-25-13-5-14-27(18-17-25)24(29)19-21-10-15-26(16-11-21)23-8-6-22(7-9-23)20(2)28/h6-9,21H,3-5,10-19H2,1-2H3. The van der Waals surface area contributed by atoms with Gasteiger partial charge >= 0.3 is 0 Å². The minimum Gasteiger partial charge on any atom is -0.372 e. The second-order valence-electron chi connectivity index (χ2n) is 8.67. The van der Waals surface area contributed by atoms with Gasteiger partial charge in [-0.05, 0) is 75.9 Å². The van der Waals surface area contributed by atoms with Crippen LogP contribution in [0.4, 0.5) is 5.69 Å². The summed E-state index contributed by atoms with van der Waals surface area (Å²) >= 11 is 0. The van der Waals surface area contributed by atoms with Crippen molar-refractivity contribution in [2.75, 3.05) is 50.7 Å². The molecule has 1 aromatic rings. The number of piperidine rings is 1. The molecule has 0 N–H and O–H groups in total. The zero-order valence-corrected chi connectivity index (χ0v) is 18.2. The number of carbonyl (C=O) groups is 2. The van der Waals surface area contributed by atoms with Gasteiger partial charge in [-0.2, -0.15) is 0 Å². The highest BCUT2D eigenvalue weighted by Gasteiger charge is 2.25. The second kappa shape index (κ2) is 10.8. The molecule has 2 saturated heterocycles. The molecule has 2 fully saturated rings. The van der Waals surface area contributed by atoms with E-state index >= 15 is 0 Å². The highest BCUT2D eigenvalue weighted by atomic mass is 16.2. The SMILES string of the molecule is CCCCN1CCCN(C(=O)CC2CCN(c3ccc(C(C)=O)cc3)CC2)CC1. The van der Waals surface area contributed by atoms with E-state index in [9.17, 15) is 9.59 Å². The van der Waals surface area contributed by atoms with Gasteiger partial charge in [0.1, 0.15) is 0 Å². The molecule has 1 aromatic carbocycles. The molecule has 160 valence electrons. The van der Waals surface area contributed by atoms with Gasteiger partial charge in [-0.1, -0.05) is 13.3 Å². The van der Waals surface area contributed by atoms with Crippen molar-refractivity contribution in [3.05, 3.63) is 29.8 Å². The lowest BCUT2D eigenvalue weighted by Crippen LogP contribution is -2.39. The average Bonchev–Trinajstić information content (AvgIpc) is 2.98. The van der Waals surface area contributed by atoms with Gasteiger partial charge < -0.3 is 14.7 Å². The first-order valence-corrected chi connectivity index (χ1v) is 11.4. The molecule has 1 amide bonds. The molecule has 2 aliphatic heterocycles. The van der Waals surface area contributed by atoms with Gasteiger partial charge in [-0.3, -0.25) is 9.59 Å². The van der Waals surface area contributed by atoms with Crippen molar-refractivity contribution >= 4 is 17.4 Å². The van der Waals surface area contributed by atoms with Crippen LogP contribution in [0.1, 0.15) is 62.7 Å². The quantitative estimate of drug-likeness (QED) is 0.654. The summed E-state index contributed by atoms with van der Waals surface area (Å²) in [5.74, 6) is 0.956. The van der Waals surface area contributed by atoms with Crippen LogP contribution in [-0.4, -0.2) is 67.3 Å². The Kier molecular flexibility index (Phi) is 8.10. The van der Waals surface area contributed by atoms with Crippen molar-refractivity contribution < 1.29 is 9.59 Å². The van der Waals surface area contributed by atoms with Crippen molar-refractivity contribution in [1.82, 2.24) is 9.80 Å². The molecule has 0 spiro atoms. The first-order chi connectivity index (χ1) is 14.1. The zero-order chi connectivity index (χ0) is 20.6. The van der Waals surface area contributed by atoms with E-state index in [1.54, 1.807) is 6.92 Å². The average molecular weight is 400 g/mol. The molecule has 5 nitrogen and oxygen atoms in total. The van der Waals surface area contributed by atoms with Gasteiger partial charge in [0.2, 0.25) is 5.91 Å². The molecule has 0 unspecified atom stereocenters. The van der Waals surface area contributed by atoms with E-state index in [2.05, 4.69) is 21.6 Å². The summed E-state index contributed by atoms with van der Waals surface area (Å²) < 4.78 is 0. The summed E-state index contributed by atoms with van der Waals surface area (Å²) in [5.41, 5.74) is 1.94. The van der Waals surface area contributed by atoms with Gasteiger partial charge in [0.05, 0.1) is 0 Å². The lowest BCUT2D eigenvalue weighted by Gasteiger charge is -2.34. The first-order valence-electron chi connectivity index (χ1n) is 11.4. The molecule has 2 aliphatic rings. The van der Waals surface area contributed by atoms with Crippen LogP contribution >= 0.6 is 0 Å². The number of rotatable bonds is 7. The molecule has 29 heavy (non-hydrogen) atoms. The molecule has 5 heteroatoms. The largest absolute Gasteiger partial charge is 0.372 e. The second-order valence-corrected chi connectivity index (χ2v) is 8.67. The third-order valence-electron chi connectivity index (χ3n) is 6.49. The van der Waals surface area contributed by atoms with E-state index in [1.807, 2.05) is 24.3 Å². The van der Waals surface area contributed by atoms with E-state index in [0.717, 1.165) is 64.1 Å². The maximum atomic E-state index is 12.9. The fourth-order valence-electron chi connectivity index (χ4n) is 4.50. The summed E-state index contributed by atoms with van der Waals surface area (Å²) in [7, 11) is 0. The van der Waals surface area contributed by atoms with Gasteiger partial charge in [0.25, 0.3) is 0 Å². The van der Waals surface area contributed by atoms with E-state index in [-0.39, 0.29) is 5.78 Å². The minimum atomic E-state index is 0.107. The third-order valence-corrected chi connectivity index (χ3v) is 6.49. The molecule has 3 rings (SSSR count). The lowest BCUT2D eigenvalue weighted by atomic mass is 9.92. The Morgan fingerprint density at radius 2 is 1.69 bits per heavy atom. The van der Waals surface area contributed by atoms with Crippen LogP contribution in [0.15, 0.2) is 24.3 Å². The van der Waals surface area contributed by atoms with Crippen LogP contribution < -0.4 is 4.90 Å². The molecule has 0 aliphatic carbocycles. The number of benzene rings is 1. The number of Topliss-reactive ketones (excluding diaryl/α,β-unsaturated/α-hetero) is 1. The van der Waals surface area contributed by atoms with Crippen LogP contribution in [0.5, 0.6) is 0 Å². The normalized spacial score (nSPS) is 19.2. The van der Waals surface area contributed by atoms with Crippen LogP contribution in [0, 0.1) is 5.92 Å². The molecule has 0 saturated carbocycles. The van der Waals surface area contributed by atoms with E-state index in [1.165, 1.54) is 25.1 Å². The third kappa shape index (κ3) is 6.30. The summed E-state index contributed by atoms with van der Waals surface area (Å²) in [5, 5.41) is 0.